The number of halogens is 4. The van der Waals surface area contributed by atoms with Crippen LogP contribution in [0, 0.1) is 11.6 Å². The van der Waals surface area contributed by atoms with E-state index < -0.39 is 11.6 Å². The maximum Gasteiger partial charge on any atom is 0.165 e. The molecule has 0 unspecified atom stereocenters. The lowest BCUT2D eigenvalue weighted by Gasteiger charge is -2.09. The molecule has 2 aromatic rings. The molecule has 0 amide bonds. The molecule has 0 saturated carbocycles. The first-order valence-electron chi connectivity index (χ1n) is 5.51. The van der Waals surface area contributed by atoms with Gasteiger partial charge < -0.3 is 4.74 Å². The summed E-state index contributed by atoms with van der Waals surface area (Å²) in [6, 6.07) is 8.54. The molecule has 2 aromatic carbocycles. The van der Waals surface area contributed by atoms with Gasteiger partial charge in [-0.15, -0.1) is 11.6 Å². The molecule has 0 aliphatic heterocycles. The van der Waals surface area contributed by atoms with E-state index in [1.165, 1.54) is 30.3 Å². The van der Waals surface area contributed by atoms with Crippen molar-refractivity contribution in [3.63, 3.8) is 0 Å². The number of benzene rings is 2. The molecule has 0 aliphatic carbocycles. The van der Waals surface area contributed by atoms with Crippen molar-refractivity contribution in [3.05, 3.63) is 64.2 Å². The average molecular weight is 303 g/mol. The van der Waals surface area contributed by atoms with Gasteiger partial charge in [-0.1, -0.05) is 17.7 Å². The maximum absolute atomic E-state index is 13.6. The molecule has 0 fully saturated rings. The molecule has 2 rings (SSSR count). The molecular formula is C14H10Cl2F2O. The average Bonchev–Trinajstić information content (AvgIpc) is 2.40. The quantitative estimate of drug-likeness (QED) is 0.727. The lowest BCUT2D eigenvalue weighted by molar-refractivity contribution is 0.284. The summed E-state index contributed by atoms with van der Waals surface area (Å²) < 4.78 is 32.3. The van der Waals surface area contributed by atoms with E-state index in [0.29, 0.717) is 10.6 Å². The number of hydrogen-bond acceptors (Lipinski definition) is 1. The summed E-state index contributed by atoms with van der Waals surface area (Å²) in [6.07, 6.45) is 0. The zero-order chi connectivity index (χ0) is 13.8. The number of ether oxygens (including phenoxy) is 1. The maximum atomic E-state index is 13.6. The van der Waals surface area contributed by atoms with Crippen LogP contribution in [0.2, 0.25) is 5.02 Å². The van der Waals surface area contributed by atoms with Crippen molar-refractivity contribution in [2.75, 3.05) is 0 Å². The summed E-state index contributed by atoms with van der Waals surface area (Å²) in [5, 5.41) is 0.401. The van der Waals surface area contributed by atoms with Gasteiger partial charge in [0.1, 0.15) is 12.4 Å². The first-order valence-corrected chi connectivity index (χ1v) is 6.42. The van der Waals surface area contributed by atoms with Crippen molar-refractivity contribution in [1.82, 2.24) is 0 Å². The van der Waals surface area contributed by atoms with E-state index in [-0.39, 0.29) is 23.8 Å². The van der Waals surface area contributed by atoms with E-state index in [4.69, 9.17) is 27.9 Å². The fourth-order valence-corrected chi connectivity index (χ4v) is 1.91. The first-order chi connectivity index (χ1) is 9.10. The molecule has 0 aliphatic rings. The molecule has 0 atom stereocenters. The highest BCUT2D eigenvalue weighted by atomic mass is 35.5. The summed E-state index contributed by atoms with van der Waals surface area (Å²) in [6.45, 7) is -0.0937. The van der Waals surface area contributed by atoms with E-state index in [9.17, 15) is 8.78 Å². The molecule has 100 valence electrons. The van der Waals surface area contributed by atoms with Gasteiger partial charge in [0.25, 0.3) is 0 Å². The van der Waals surface area contributed by atoms with Crippen LogP contribution in [0.15, 0.2) is 36.4 Å². The van der Waals surface area contributed by atoms with Gasteiger partial charge in [-0.3, -0.25) is 0 Å². The Morgan fingerprint density at radius 3 is 2.47 bits per heavy atom. The van der Waals surface area contributed by atoms with Gasteiger partial charge in [-0.25, -0.2) is 8.78 Å². The molecule has 0 N–H and O–H groups in total. The minimum Gasteiger partial charge on any atom is -0.486 e. The Bertz CT molecular complexity index is 588. The molecule has 0 saturated heterocycles. The zero-order valence-corrected chi connectivity index (χ0v) is 11.3. The van der Waals surface area contributed by atoms with Gasteiger partial charge in [0.2, 0.25) is 0 Å². The summed E-state index contributed by atoms with van der Waals surface area (Å²) in [4.78, 5) is 0. The van der Waals surface area contributed by atoms with Gasteiger partial charge >= 0.3 is 0 Å². The van der Waals surface area contributed by atoms with E-state index in [0.717, 1.165) is 0 Å². The van der Waals surface area contributed by atoms with Crippen molar-refractivity contribution in [2.45, 2.75) is 12.5 Å². The Morgan fingerprint density at radius 1 is 1.00 bits per heavy atom. The molecule has 0 spiro atoms. The zero-order valence-electron chi connectivity index (χ0n) is 9.80. The Balaban J connectivity index is 2.12. The van der Waals surface area contributed by atoms with Gasteiger partial charge in [-0.2, -0.15) is 0 Å². The van der Waals surface area contributed by atoms with E-state index >= 15 is 0 Å². The van der Waals surface area contributed by atoms with Gasteiger partial charge in [0.05, 0.1) is 0 Å². The van der Waals surface area contributed by atoms with Crippen LogP contribution in [0.25, 0.3) is 0 Å². The van der Waals surface area contributed by atoms with Crippen LogP contribution < -0.4 is 4.74 Å². The number of rotatable bonds is 4. The fourth-order valence-electron chi connectivity index (χ4n) is 1.55. The Kier molecular flexibility index (Phi) is 4.61. The van der Waals surface area contributed by atoms with Crippen LogP contribution in [-0.4, -0.2) is 0 Å². The Hall–Kier alpha value is -1.32. The second-order valence-electron chi connectivity index (χ2n) is 3.92. The van der Waals surface area contributed by atoms with Crippen LogP contribution in [0.1, 0.15) is 11.1 Å². The summed E-state index contributed by atoms with van der Waals surface area (Å²) in [5.41, 5.74) is 0.925. The van der Waals surface area contributed by atoms with Crippen LogP contribution in [0.3, 0.4) is 0 Å². The van der Waals surface area contributed by atoms with Crippen LogP contribution in [0.4, 0.5) is 8.78 Å². The van der Waals surface area contributed by atoms with E-state index in [1.807, 2.05) is 0 Å². The third-order valence-electron chi connectivity index (χ3n) is 2.54. The lowest BCUT2D eigenvalue weighted by atomic mass is 10.2. The second-order valence-corrected chi connectivity index (χ2v) is 4.63. The third kappa shape index (κ3) is 3.58. The van der Waals surface area contributed by atoms with Gasteiger partial charge in [-0.05, 0) is 35.9 Å². The smallest absolute Gasteiger partial charge is 0.165 e. The topological polar surface area (TPSA) is 9.23 Å². The highest BCUT2D eigenvalue weighted by Gasteiger charge is 2.08. The Labute approximate surface area is 119 Å². The standard InChI is InChI=1S/C14H10Cl2F2O/c15-7-9-1-4-14(13(18)5-9)19-8-10-6-11(16)2-3-12(10)17/h1-6H,7-8H2. The monoisotopic (exact) mass is 302 g/mol. The summed E-state index contributed by atoms with van der Waals surface area (Å²) in [7, 11) is 0. The Morgan fingerprint density at radius 2 is 1.79 bits per heavy atom. The van der Waals surface area contributed by atoms with Crippen LogP contribution >= 0.6 is 23.2 Å². The fraction of sp³-hybridized carbons (Fsp3) is 0.143. The van der Waals surface area contributed by atoms with Crippen molar-refractivity contribution >= 4 is 23.2 Å². The minimum absolute atomic E-state index is 0.0493. The second kappa shape index (κ2) is 6.22. The van der Waals surface area contributed by atoms with Crippen molar-refractivity contribution < 1.29 is 13.5 Å². The third-order valence-corrected chi connectivity index (χ3v) is 3.09. The molecule has 19 heavy (non-hydrogen) atoms. The molecular weight excluding hydrogens is 293 g/mol. The van der Waals surface area contributed by atoms with Crippen molar-refractivity contribution in [2.24, 2.45) is 0 Å². The largest absolute Gasteiger partial charge is 0.486 e. The summed E-state index contributed by atoms with van der Waals surface area (Å²) >= 11 is 11.3. The van der Waals surface area contributed by atoms with E-state index in [2.05, 4.69) is 0 Å². The SMILES string of the molecule is Fc1ccc(Cl)cc1COc1ccc(CCl)cc1F. The molecule has 0 heterocycles. The van der Waals surface area contributed by atoms with Crippen LogP contribution in [0.5, 0.6) is 5.75 Å². The first kappa shape index (κ1) is 14.1. The lowest BCUT2D eigenvalue weighted by Crippen LogP contribution is -2.00. The van der Waals surface area contributed by atoms with Crippen molar-refractivity contribution in [1.29, 1.82) is 0 Å². The van der Waals surface area contributed by atoms with E-state index in [1.54, 1.807) is 6.07 Å². The summed E-state index contributed by atoms with van der Waals surface area (Å²) in [5.74, 6) is -0.698. The van der Waals surface area contributed by atoms with Gasteiger partial charge in [0.15, 0.2) is 11.6 Å². The minimum atomic E-state index is -0.527. The highest BCUT2D eigenvalue weighted by Crippen LogP contribution is 2.22. The predicted molar refractivity (Wildman–Crippen MR) is 71.7 cm³/mol. The molecule has 5 heteroatoms. The van der Waals surface area contributed by atoms with Crippen molar-refractivity contribution in [3.8, 4) is 5.75 Å². The van der Waals surface area contributed by atoms with Gasteiger partial charge in [0, 0.05) is 16.5 Å². The molecule has 0 bridgehead atoms. The number of alkyl halides is 1. The predicted octanol–water partition coefficient (Wildman–Crippen LogP) is 4.94. The van der Waals surface area contributed by atoms with Crippen LogP contribution in [-0.2, 0) is 12.5 Å². The molecule has 1 nitrogen and oxygen atoms in total. The normalized spacial score (nSPS) is 10.5. The molecule has 0 radical (unpaired) electrons. The molecule has 0 aromatic heterocycles. The number of hydrogen-bond donors (Lipinski definition) is 0. The highest BCUT2D eigenvalue weighted by molar-refractivity contribution is 6.30.